The molecule has 0 saturated carbocycles. The average Bonchev–Trinajstić information content (AvgIpc) is 2.84. The second-order valence-electron chi connectivity index (χ2n) is 5.33. The van der Waals surface area contributed by atoms with Crippen LogP contribution in [0, 0.1) is 13.8 Å². The van der Waals surface area contributed by atoms with Gasteiger partial charge >= 0.3 is 0 Å². The lowest BCUT2D eigenvalue weighted by Gasteiger charge is -2.26. The minimum atomic E-state index is 0.631. The van der Waals surface area contributed by atoms with Gasteiger partial charge in [-0.25, -0.2) is 9.98 Å². The molecule has 0 aromatic carbocycles. The number of nitrogens with zero attached hydrogens (tertiary/aromatic N) is 3. The van der Waals surface area contributed by atoms with Crippen LogP contribution in [0.5, 0.6) is 0 Å². The molecule has 22 heavy (non-hydrogen) atoms. The lowest BCUT2D eigenvalue weighted by atomic mass is 10.4. The molecule has 0 radical (unpaired) electrons. The fourth-order valence-electron chi connectivity index (χ4n) is 2.25. The van der Waals surface area contributed by atoms with Gasteiger partial charge in [0.2, 0.25) is 0 Å². The summed E-state index contributed by atoms with van der Waals surface area (Å²) in [6, 6.07) is 0. The van der Waals surface area contributed by atoms with E-state index in [2.05, 4.69) is 39.4 Å². The van der Waals surface area contributed by atoms with E-state index < -0.39 is 0 Å². The van der Waals surface area contributed by atoms with Crippen molar-refractivity contribution in [2.45, 2.75) is 27.3 Å². The number of guanidine groups is 1. The van der Waals surface area contributed by atoms with Crippen molar-refractivity contribution in [3.63, 3.8) is 0 Å². The van der Waals surface area contributed by atoms with Gasteiger partial charge in [0, 0.05) is 37.6 Å². The number of morpholine rings is 1. The summed E-state index contributed by atoms with van der Waals surface area (Å²) in [4.78, 5) is 12.8. The molecule has 124 valence electrons. The van der Waals surface area contributed by atoms with E-state index in [4.69, 9.17) is 4.74 Å². The fourth-order valence-corrected chi connectivity index (χ4v) is 3.11. The number of aliphatic imine (C=N–C) groups is 1. The Balaban J connectivity index is 1.78. The Bertz CT molecular complexity index is 463. The number of hydrogen-bond acceptors (Lipinski definition) is 5. The first-order valence-corrected chi connectivity index (χ1v) is 8.76. The maximum Gasteiger partial charge on any atom is 0.191 e. The van der Waals surface area contributed by atoms with Crippen LogP contribution in [0.15, 0.2) is 4.99 Å². The first-order valence-electron chi connectivity index (χ1n) is 7.94. The van der Waals surface area contributed by atoms with Crippen molar-refractivity contribution >= 4 is 17.3 Å². The Hall–Kier alpha value is -1.18. The minimum absolute atomic E-state index is 0.631. The third-order valence-electron chi connectivity index (χ3n) is 3.61. The standard InChI is InChI=1S/C15H27N5OS/c1-4-16-15(17-5-6-20-7-9-21-10-8-20)18-11-14-19-12(2)13(3)22-14/h4-11H2,1-3H3,(H2,16,17,18). The molecule has 0 aliphatic carbocycles. The summed E-state index contributed by atoms with van der Waals surface area (Å²) in [6.45, 7) is 13.4. The molecule has 0 bridgehead atoms. The molecular formula is C15H27N5OS. The van der Waals surface area contributed by atoms with E-state index in [1.165, 1.54) is 4.88 Å². The first-order chi connectivity index (χ1) is 10.7. The first kappa shape index (κ1) is 17.2. The maximum absolute atomic E-state index is 5.36. The number of aryl methyl sites for hydroxylation is 2. The molecule has 0 amide bonds. The Kier molecular flexibility index (Phi) is 7.08. The zero-order valence-electron chi connectivity index (χ0n) is 13.8. The average molecular weight is 325 g/mol. The number of ether oxygens (including phenoxy) is 1. The van der Waals surface area contributed by atoms with Crippen molar-refractivity contribution in [3.05, 3.63) is 15.6 Å². The second kappa shape index (κ2) is 9.07. The molecule has 1 saturated heterocycles. The summed E-state index contributed by atoms with van der Waals surface area (Å²) in [5.74, 6) is 0.862. The molecule has 1 aromatic rings. The molecule has 2 N–H and O–H groups in total. The molecule has 0 unspecified atom stereocenters. The molecule has 0 spiro atoms. The van der Waals surface area contributed by atoms with Gasteiger partial charge in [0.25, 0.3) is 0 Å². The van der Waals surface area contributed by atoms with Gasteiger partial charge in [0.1, 0.15) is 5.01 Å². The Morgan fingerprint density at radius 3 is 2.73 bits per heavy atom. The van der Waals surface area contributed by atoms with E-state index in [0.29, 0.717) is 6.54 Å². The van der Waals surface area contributed by atoms with Crippen LogP contribution in [0.4, 0.5) is 0 Å². The van der Waals surface area contributed by atoms with Crippen LogP contribution in [-0.2, 0) is 11.3 Å². The van der Waals surface area contributed by atoms with E-state index in [1.807, 2.05) is 6.92 Å². The highest BCUT2D eigenvalue weighted by atomic mass is 32.1. The van der Waals surface area contributed by atoms with Crippen LogP contribution in [0.3, 0.4) is 0 Å². The number of nitrogens with one attached hydrogen (secondary N) is 2. The molecule has 6 nitrogen and oxygen atoms in total. The van der Waals surface area contributed by atoms with Gasteiger partial charge in [-0.05, 0) is 20.8 Å². The number of hydrogen-bond donors (Lipinski definition) is 2. The monoisotopic (exact) mass is 325 g/mol. The SMILES string of the molecule is CCNC(=NCc1nc(C)c(C)s1)NCCN1CCOCC1. The quantitative estimate of drug-likeness (QED) is 0.607. The van der Waals surface area contributed by atoms with Gasteiger partial charge in [0.15, 0.2) is 5.96 Å². The maximum atomic E-state index is 5.36. The highest BCUT2D eigenvalue weighted by Gasteiger charge is 2.09. The number of rotatable bonds is 6. The van der Waals surface area contributed by atoms with E-state index in [9.17, 15) is 0 Å². The lowest BCUT2D eigenvalue weighted by molar-refractivity contribution is 0.0389. The third kappa shape index (κ3) is 5.55. The van der Waals surface area contributed by atoms with Crippen molar-refractivity contribution in [3.8, 4) is 0 Å². The normalized spacial score (nSPS) is 16.8. The lowest BCUT2D eigenvalue weighted by Crippen LogP contribution is -2.44. The summed E-state index contributed by atoms with van der Waals surface area (Å²) >= 11 is 1.73. The number of thiazole rings is 1. The smallest absolute Gasteiger partial charge is 0.191 e. The molecule has 7 heteroatoms. The second-order valence-corrected chi connectivity index (χ2v) is 6.61. The van der Waals surface area contributed by atoms with Crippen molar-refractivity contribution in [1.29, 1.82) is 0 Å². The predicted molar refractivity (Wildman–Crippen MR) is 91.7 cm³/mol. The van der Waals surface area contributed by atoms with E-state index >= 15 is 0 Å². The van der Waals surface area contributed by atoms with Gasteiger partial charge in [-0.1, -0.05) is 0 Å². The summed E-state index contributed by atoms with van der Waals surface area (Å²) in [6.07, 6.45) is 0. The van der Waals surface area contributed by atoms with Crippen LogP contribution in [0.2, 0.25) is 0 Å². The fraction of sp³-hybridized carbons (Fsp3) is 0.733. The van der Waals surface area contributed by atoms with Crippen LogP contribution in [-0.4, -0.2) is 61.8 Å². The summed E-state index contributed by atoms with van der Waals surface area (Å²) in [5, 5.41) is 7.75. The van der Waals surface area contributed by atoms with Gasteiger partial charge in [0.05, 0.1) is 25.5 Å². The van der Waals surface area contributed by atoms with Gasteiger partial charge < -0.3 is 15.4 Å². The molecule has 0 atom stereocenters. The summed E-state index contributed by atoms with van der Waals surface area (Å²) < 4.78 is 5.36. The molecule has 1 aliphatic rings. The Labute approximate surface area is 137 Å². The third-order valence-corrected chi connectivity index (χ3v) is 4.67. The van der Waals surface area contributed by atoms with Crippen LogP contribution in [0.1, 0.15) is 22.5 Å². The molecular weight excluding hydrogens is 298 g/mol. The van der Waals surface area contributed by atoms with Crippen molar-refractivity contribution in [1.82, 2.24) is 20.5 Å². The minimum Gasteiger partial charge on any atom is -0.379 e. The Morgan fingerprint density at radius 1 is 1.32 bits per heavy atom. The molecule has 1 aromatic heterocycles. The molecule has 1 aliphatic heterocycles. The van der Waals surface area contributed by atoms with Crippen LogP contribution >= 0.6 is 11.3 Å². The van der Waals surface area contributed by atoms with Crippen LogP contribution in [0.25, 0.3) is 0 Å². The Morgan fingerprint density at radius 2 is 2.09 bits per heavy atom. The zero-order valence-corrected chi connectivity index (χ0v) is 14.6. The van der Waals surface area contributed by atoms with Gasteiger partial charge in [-0.2, -0.15) is 0 Å². The van der Waals surface area contributed by atoms with Gasteiger partial charge in [-0.3, -0.25) is 4.90 Å². The van der Waals surface area contributed by atoms with Crippen molar-refractivity contribution < 1.29 is 4.74 Å². The topological polar surface area (TPSA) is 61.8 Å². The highest BCUT2D eigenvalue weighted by Crippen LogP contribution is 2.16. The number of aromatic nitrogens is 1. The predicted octanol–water partition coefficient (Wildman–Crippen LogP) is 1.15. The van der Waals surface area contributed by atoms with E-state index in [0.717, 1.165) is 62.6 Å². The molecule has 2 heterocycles. The molecule has 2 rings (SSSR count). The van der Waals surface area contributed by atoms with Gasteiger partial charge in [-0.15, -0.1) is 11.3 Å². The summed E-state index contributed by atoms with van der Waals surface area (Å²) in [5.41, 5.74) is 1.11. The zero-order chi connectivity index (χ0) is 15.8. The largest absolute Gasteiger partial charge is 0.379 e. The summed E-state index contributed by atoms with van der Waals surface area (Å²) in [7, 11) is 0. The van der Waals surface area contributed by atoms with E-state index in [1.54, 1.807) is 11.3 Å². The van der Waals surface area contributed by atoms with Crippen molar-refractivity contribution in [2.75, 3.05) is 45.9 Å². The van der Waals surface area contributed by atoms with E-state index in [-0.39, 0.29) is 0 Å². The van der Waals surface area contributed by atoms with Crippen LogP contribution < -0.4 is 10.6 Å². The van der Waals surface area contributed by atoms with Crippen molar-refractivity contribution in [2.24, 2.45) is 4.99 Å². The molecule has 1 fully saturated rings. The highest BCUT2D eigenvalue weighted by molar-refractivity contribution is 7.11.